The molecule has 1 saturated heterocycles. The zero-order valence-corrected chi connectivity index (χ0v) is 6.01. The average molecular weight is 125 g/mol. The number of epoxide rings is 1. The highest BCUT2D eigenvalue weighted by molar-refractivity contribution is 5.06. The molecule has 1 aliphatic rings. The molecule has 0 N–H and O–H groups in total. The van der Waals surface area contributed by atoms with Gasteiger partial charge in [0, 0.05) is 0 Å². The molecule has 2 atom stereocenters. The van der Waals surface area contributed by atoms with E-state index in [0.717, 1.165) is 0 Å². The van der Waals surface area contributed by atoms with Crippen LogP contribution in [0.2, 0.25) is 0 Å². The molecule has 0 aromatic rings. The summed E-state index contributed by atoms with van der Waals surface area (Å²) < 4.78 is 5.07. The van der Waals surface area contributed by atoms with Gasteiger partial charge in [-0.15, -0.1) is 0 Å². The second-order valence-electron chi connectivity index (χ2n) is 3.47. The fourth-order valence-corrected chi connectivity index (χ4v) is 0.869. The summed E-state index contributed by atoms with van der Waals surface area (Å²) in [7, 11) is 0. The summed E-state index contributed by atoms with van der Waals surface area (Å²) >= 11 is 0. The van der Waals surface area contributed by atoms with Gasteiger partial charge in [-0.3, -0.25) is 0 Å². The molecule has 1 heterocycles. The minimum Gasteiger partial charge on any atom is -0.353 e. The predicted octanol–water partition coefficient (Wildman–Crippen LogP) is 1.32. The van der Waals surface area contributed by atoms with Crippen molar-refractivity contribution in [2.45, 2.75) is 33.0 Å². The fraction of sp³-hybridized carbons (Fsp3) is 0.857. The van der Waals surface area contributed by atoms with Crippen molar-refractivity contribution in [1.82, 2.24) is 0 Å². The van der Waals surface area contributed by atoms with Crippen LogP contribution in [0, 0.1) is 16.7 Å². The van der Waals surface area contributed by atoms with E-state index in [2.05, 4.69) is 26.8 Å². The molecule has 1 rings (SSSR count). The van der Waals surface area contributed by atoms with E-state index in [1.807, 2.05) is 0 Å². The quantitative estimate of drug-likeness (QED) is 0.458. The highest BCUT2D eigenvalue weighted by Gasteiger charge is 2.47. The number of nitrogens with zero attached hydrogens (tertiary/aromatic N) is 1. The first kappa shape index (κ1) is 6.57. The van der Waals surface area contributed by atoms with Gasteiger partial charge in [-0.25, -0.2) is 0 Å². The molecule has 0 aromatic heterocycles. The van der Waals surface area contributed by atoms with E-state index in [9.17, 15) is 0 Å². The summed E-state index contributed by atoms with van der Waals surface area (Å²) in [6, 6.07) is 2.07. The van der Waals surface area contributed by atoms with Gasteiger partial charge < -0.3 is 4.74 Å². The zero-order valence-electron chi connectivity index (χ0n) is 6.01. The molecule has 2 nitrogen and oxygen atoms in total. The molecule has 2 heteroatoms. The van der Waals surface area contributed by atoms with E-state index in [4.69, 9.17) is 10.00 Å². The van der Waals surface area contributed by atoms with Crippen molar-refractivity contribution in [3.63, 3.8) is 0 Å². The normalized spacial score (nSPS) is 33.6. The molecule has 0 bridgehead atoms. The third-order valence-corrected chi connectivity index (χ3v) is 1.47. The van der Waals surface area contributed by atoms with E-state index >= 15 is 0 Å². The molecular formula is C7H11NO. The monoisotopic (exact) mass is 125 g/mol. The second kappa shape index (κ2) is 1.71. The first-order chi connectivity index (χ1) is 4.05. The number of ether oxygens (including phenoxy) is 1. The lowest BCUT2D eigenvalue weighted by Gasteiger charge is -2.12. The minimum atomic E-state index is -0.134. The van der Waals surface area contributed by atoms with Gasteiger partial charge in [0.05, 0.1) is 6.07 Å². The zero-order chi connectivity index (χ0) is 7.07. The van der Waals surface area contributed by atoms with Gasteiger partial charge >= 0.3 is 0 Å². The van der Waals surface area contributed by atoms with Crippen LogP contribution in [0.4, 0.5) is 0 Å². The lowest BCUT2D eigenvalue weighted by molar-refractivity contribution is 0.263. The smallest absolute Gasteiger partial charge is 0.171 e. The van der Waals surface area contributed by atoms with Gasteiger partial charge in [-0.1, -0.05) is 20.8 Å². The van der Waals surface area contributed by atoms with Crippen molar-refractivity contribution >= 4 is 0 Å². The van der Waals surface area contributed by atoms with Crippen molar-refractivity contribution in [2.75, 3.05) is 0 Å². The summed E-state index contributed by atoms with van der Waals surface area (Å²) in [6.45, 7) is 6.24. The second-order valence-corrected chi connectivity index (χ2v) is 3.47. The Morgan fingerprint density at radius 3 is 2.11 bits per heavy atom. The molecule has 50 valence electrons. The number of hydrogen-bond acceptors (Lipinski definition) is 2. The lowest BCUT2D eigenvalue weighted by atomic mass is 9.90. The lowest BCUT2D eigenvalue weighted by Crippen LogP contribution is -2.15. The average Bonchev–Trinajstić information content (AvgIpc) is 2.39. The first-order valence-electron chi connectivity index (χ1n) is 3.11. The van der Waals surface area contributed by atoms with E-state index in [0.29, 0.717) is 0 Å². The third-order valence-electron chi connectivity index (χ3n) is 1.47. The standard InChI is InChI=1S/C7H11NO/c1-7(2,3)6-5(4-8)9-6/h5-6H,1-3H3/t5-,6-/m1/s1. The van der Waals surface area contributed by atoms with E-state index in [1.165, 1.54) is 0 Å². The molecule has 0 saturated carbocycles. The fourth-order valence-electron chi connectivity index (χ4n) is 0.869. The molecule has 1 aliphatic heterocycles. The topological polar surface area (TPSA) is 36.3 Å². The molecule has 0 aliphatic carbocycles. The van der Waals surface area contributed by atoms with Crippen LogP contribution in [-0.4, -0.2) is 12.2 Å². The summed E-state index contributed by atoms with van der Waals surface area (Å²) in [5.41, 5.74) is 0.139. The van der Waals surface area contributed by atoms with Crippen LogP contribution < -0.4 is 0 Å². The van der Waals surface area contributed by atoms with Gasteiger partial charge in [-0.2, -0.15) is 5.26 Å². The Morgan fingerprint density at radius 1 is 1.44 bits per heavy atom. The Morgan fingerprint density at radius 2 is 2.00 bits per heavy atom. The summed E-state index contributed by atoms with van der Waals surface area (Å²) in [6.07, 6.45) is 0.0347. The highest BCUT2D eigenvalue weighted by Crippen LogP contribution is 2.37. The number of nitriles is 1. The molecule has 0 amide bonds. The van der Waals surface area contributed by atoms with Gasteiger partial charge in [0.2, 0.25) is 0 Å². The summed E-state index contributed by atoms with van der Waals surface area (Å²) in [4.78, 5) is 0. The van der Waals surface area contributed by atoms with Gasteiger partial charge in [-0.05, 0) is 5.41 Å². The van der Waals surface area contributed by atoms with Crippen molar-refractivity contribution in [3.8, 4) is 6.07 Å². The van der Waals surface area contributed by atoms with Crippen molar-refractivity contribution in [3.05, 3.63) is 0 Å². The maximum atomic E-state index is 8.36. The van der Waals surface area contributed by atoms with Crippen LogP contribution in [0.3, 0.4) is 0 Å². The molecule has 0 aromatic carbocycles. The Labute approximate surface area is 55.4 Å². The predicted molar refractivity (Wildman–Crippen MR) is 33.7 cm³/mol. The van der Waals surface area contributed by atoms with Crippen LogP contribution in [0.15, 0.2) is 0 Å². The molecule has 0 radical (unpaired) electrons. The van der Waals surface area contributed by atoms with Crippen LogP contribution in [-0.2, 0) is 4.74 Å². The largest absolute Gasteiger partial charge is 0.353 e. The van der Waals surface area contributed by atoms with Gasteiger partial charge in [0.25, 0.3) is 0 Å². The Bertz CT molecular complexity index is 151. The number of hydrogen-bond donors (Lipinski definition) is 0. The van der Waals surface area contributed by atoms with E-state index in [1.54, 1.807) is 0 Å². The highest BCUT2D eigenvalue weighted by atomic mass is 16.6. The van der Waals surface area contributed by atoms with Crippen LogP contribution in [0.25, 0.3) is 0 Å². The Kier molecular flexibility index (Phi) is 1.25. The molecule has 1 fully saturated rings. The van der Waals surface area contributed by atoms with Crippen LogP contribution >= 0.6 is 0 Å². The molecule has 9 heavy (non-hydrogen) atoms. The van der Waals surface area contributed by atoms with Crippen LogP contribution in [0.5, 0.6) is 0 Å². The molecular weight excluding hydrogens is 114 g/mol. The van der Waals surface area contributed by atoms with E-state index < -0.39 is 0 Å². The SMILES string of the molecule is CC(C)(C)[C@@H]1O[C@@H]1C#N. The van der Waals surface area contributed by atoms with E-state index in [-0.39, 0.29) is 17.6 Å². The van der Waals surface area contributed by atoms with Crippen molar-refractivity contribution in [1.29, 1.82) is 5.26 Å². The van der Waals surface area contributed by atoms with Crippen molar-refractivity contribution < 1.29 is 4.74 Å². The maximum absolute atomic E-state index is 8.36. The van der Waals surface area contributed by atoms with Crippen LogP contribution in [0.1, 0.15) is 20.8 Å². The van der Waals surface area contributed by atoms with Gasteiger partial charge in [0.1, 0.15) is 6.10 Å². The van der Waals surface area contributed by atoms with Gasteiger partial charge in [0.15, 0.2) is 6.10 Å². The van der Waals surface area contributed by atoms with Crippen molar-refractivity contribution in [2.24, 2.45) is 5.41 Å². The Hall–Kier alpha value is -0.550. The molecule has 0 unspecified atom stereocenters. The summed E-state index contributed by atoms with van der Waals surface area (Å²) in [5, 5.41) is 8.36. The third kappa shape index (κ3) is 1.22. The Balaban J connectivity index is 2.45. The summed E-state index contributed by atoms with van der Waals surface area (Å²) in [5.74, 6) is 0. The number of rotatable bonds is 0. The minimum absolute atomic E-state index is 0.134. The molecule has 0 spiro atoms. The maximum Gasteiger partial charge on any atom is 0.171 e. The first-order valence-corrected chi connectivity index (χ1v) is 3.11.